The van der Waals surface area contributed by atoms with Gasteiger partial charge in [0, 0.05) is 12.5 Å². The molecule has 0 aromatic carbocycles. The van der Waals surface area contributed by atoms with E-state index in [0.717, 1.165) is 38.1 Å². The zero-order valence-corrected chi connectivity index (χ0v) is 9.96. The minimum atomic E-state index is 0.218. The Bertz CT molecular complexity index is 200. The molecule has 0 heterocycles. The molecule has 0 aromatic heterocycles. The van der Waals surface area contributed by atoms with E-state index in [9.17, 15) is 4.79 Å². The average molecular weight is 212 g/mol. The van der Waals surface area contributed by atoms with Crippen LogP contribution in [0, 0.1) is 11.8 Å². The number of amides is 1. The Morgan fingerprint density at radius 2 is 2.13 bits per heavy atom. The molecule has 1 rings (SSSR count). The zero-order chi connectivity index (χ0) is 11.3. The second-order valence-electron chi connectivity index (χ2n) is 5.06. The molecule has 15 heavy (non-hydrogen) atoms. The van der Waals surface area contributed by atoms with Gasteiger partial charge >= 0.3 is 0 Å². The molecule has 0 aliphatic heterocycles. The van der Waals surface area contributed by atoms with E-state index < -0.39 is 0 Å². The van der Waals surface area contributed by atoms with E-state index in [-0.39, 0.29) is 5.91 Å². The summed E-state index contributed by atoms with van der Waals surface area (Å²) in [7, 11) is 0. The summed E-state index contributed by atoms with van der Waals surface area (Å²) in [5.74, 6) is 1.59. The van der Waals surface area contributed by atoms with Crippen LogP contribution in [0.3, 0.4) is 0 Å². The van der Waals surface area contributed by atoms with Crippen molar-refractivity contribution in [3.8, 4) is 0 Å². The third-order valence-corrected chi connectivity index (χ3v) is 3.26. The van der Waals surface area contributed by atoms with Gasteiger partial charge in [0.1, 0.15) is 0 Å². The van der Waals surface area contributed by atoms with Crippen molar-refractivity contribution in [2.45, 2.75) is 52.0 Å². The Morgan fingerprint density at radius 1 is 1.47 bits per heavy atom. The van der Waals surface area contributed by atoms with Crippen LogP contribution < -0.4 is 11.1 Å². The predicted molar refractivity (Wildman–Crippen MR) is 62.4 cm³/mol. The minimum Gasteiger partial charge on any atom is -0.353 e. The molecule has 1 aliphatic rings. The molecule has 1 aliphatic carbocycles. The van der Waals surface area contributed by atoms with Crippen molar-refractivity contribution >= 4 is 5.91 Å². The maximum Gasteiger partial charge on any atom is 0.220 e. The Kier molecular flexibility index (Phi) is 5.09. The molecule has 88 valence electrons. The van der Waals surface area contributed by atoms with E-state index >= 15 is 0 Å². The third-order valence-electron chi connectivity index (χ3n) is 3.26. The van der Waals surface area contributed by atoms with Crippen LogP contribution in [-0.2, 0) is 4.79 Å². The zero-order valence-electron chi connectivity index (χ0n) is 9.96. The molecule has 0 aromatic rings. The first-order valence-corrected chi connectivity index (χ1v) is 6.11. The van der Waals surface area contributed by atoms with Crippen LogP contribution in [0.15, 0.2) is 0 Å². The fraction of sp³-hybridized carbons (Fsp3) is 0.917. The van der Waals surface area contributed by atoms with Crippen molar-refractivity contribution in [3.63, 3.8) is 0 Å². The molecular formula is C12H24N2O. The molecular weight excluding hydrogens is 188 g/mol. The molecule has 0 spiro atoms. The fourth-order valence-corrected chi connectivity index (χ4v) is 2.13. The highest BCUT2D eigenvalue weighted by Crippen LogP contribution is 2.26. The lowest BCUT2D eigenvalue weighted by Gasteiger charge is -2.33. The Morgan fingerprint density at radius 3 is 2.67 bits per heavy atom. The smallest absolute Gasteiger partial charge is 0.220 e. The van der Waals surface area contributed by atoms with Gasteiger partial charge in [-0.25, -0.2) is 0 Å². The summed E-state index contributed by atoms with van der Waals surface area (Å²) in [4.78, 5) is 11.5. The number of nitrogens with one attached hydrogen (secondary N) is 1. The quantitative estimate of drug-likeness (QED) is 0.703. The fourth-order valence-electron chi connectivity index (χ4n) is 2.13. The van der Waals surface area contributed by atoms with Crippen LogP contribution in [0.4, 0.5) is 0 Å². The van der Waals surface area contributed by atoms with Crippen LogP contribution >= 0.6 is 0 Å². The summed E-state index contributed by atoms with van der Waals surface area (Å²) < 4.78 is 0. The topological polar surface area (TPSA) is 55.1 Å². The second-order valence-corrected chi connectivity index (χ2v) is 5.06. The van der Waals surface area contributed by atoms with Crippen LogP contribution in [0.25, 0.3) is 0 Å². The Balaban J connectivity index is 2.03. The molecule has 1 unspecified atom stereocenters. The summed E-state index contributed by atoms with van der Waals surface area (Å²) in [6.45, 7) is 5.11. The molecule has 0 bridgehead atoms. The second kappa shape index (κ2) is 6.11. The van der Waals surface area contributed by atoms with Crippen molar-refractivity contribution < 1.29 is 4.79 Å². The van der Waals surface area contributed by atoms with Crippen molar-refractivity contribution in [1.29, 1.82) is 0 Å². The number of hydrogen-bond donors (Lipinski definition) is 2. The number of carbonyl (C=O) groups is 1. The van der Waals surface area contributed by atoms with Crippen molar-refractivity contribution in [3.05, 3.63) is 0 Å². The third kappa shape index (κ3) is 4.65. The van der Waals surface area contributed by atoms with Crippen molar-refractivity contribution in [2.75, 3.05) is 6.54 Å². The van der Waals surface area contributed by atoms with E-state index in [1.54, 1.807) is 0 Å². The number of nitrogens with two attached hydrogens (primary N) is 1. The van der Waals surface area contributed by atoms with Crippen LogP contribution in [-0.4, -0.2) is 18.5 Å². The SMILES string of the molecule is CC(CCN)CCC(=O)NC1CC(C)C1. The number of rotatable bonds is 6. The lowest BCUT2D eigenvalue weighted by Crippen LogP contribution is -2.43. The first-order valence-electron chi connectivity index (χ1n) is 6.11. The van der Waals surface area contributed by atoms with E-state index in [1.165, 1.54) is 0 Å². The molecule has 1 amide bonds. The lowest BCUT2D eigenvalue weighted by molar-refractivity contribution is -0.122. The summed E-state index contributed by atoms with van der Waals surface area (Å²) in [5, 5.41) is 3.07. The molecule has 1 atom stereocenters. The molecule has 1 fully saturated rings. The van der Waals surface area contributed by atoms with E-state index in [4.69, 9.17) is 5.73 Å². The summed E-state index contributed by atoms with van der Waals surface area (Å²) in [6, 6.07) is 0.456. The van der Waals surface area contributed by atoms with Gasteiger partial charge in [-0.05, 0) is 44.1 Å². The standard InChI is InChI=1S/C12H24N2O/c1-9(5-6-13)3-4-12(15)14-11-7-10(2)8-11/h9-11H,3-8,13H2,1-2H3,(H,14,15). The van der Waals surface area contributed by atoms with Crippen molar-refractivity contribution in [2.24, 2.45) is 17.6 Å². The lowest BCUT2D eigenvalue weighted by atomic mass is 9.82. The highest BCUT2D eigenvalue weighted by Gasteiger charge is 2.26. The van der Waals surface area contributed by atoms with Gasteiger partial charge in [0.15, 0.2) is 0 Å². The molecule has 0 saturated heterocycles. The van der Waals surface area contributed by atoms with E-state index in [2.05, 4.69) is 19.2 Å². The van der Waals surface area contributed by atoms with E-state index in [0.29, 0.717) is 18.4 Å². The maximum atomic E-state index is 11.5. The molecule has 0 radical (unpaired) electrons. The van der Waals surface area contributed by atoms with Gasteiger partial charge in [-0.2, -0.15) is 0 Å². The molecule has 1 saturated carbocycles. The van der Waals surface area contributed by atoms with Crippen LogP contribution in [0.2, 0.25) is 0 Å². The van der Waals surface area contributed by atoms with Crippen LogP contribution in [0.1, 0.15) is 46.0 Å². The highest BCUT2D eigenvalue weighted by molar-refractivity contribution is 5.76. The summed E-state index contributed by atoms with van der Waals surface area (Å²) in [6.07, 6.45) is 4.96. The first kappa shape index (κ1) is 12.5. The van der Waals surface area contributed by atoms with Gasteiger partial charge in [0.05, 0.1) is 0 Å². The Hall–Kier alpha value is -0.570. The highest BCUT2D eigenvalue weighted by atomic mass is 16.1. The van der Waals surface area contributed by atoms with Crippen LogP contribution in [0.5, 0.6) is 0 Å². The van der Waals surface area contributed by atoms with Gasteiger partial charge in [0.25, 0.3) is 0 Å². The largest absolute Gasteiger partial charge is 0.353 e. The molecule has 3 nitrogen and oxygen atoms in total. The van der Waals surface area contributed by atoms with Gasteiger partial charge in [-0.1, -0.05) is 13.8 Å². The normalized spacial score (nSPS) is 26.9. The predicted octanol–water partition coefficient (Wildman–Crippen LogP) is 1.67. The molecule has 3 N–H and O–H groups in total. The van der Waals surface area contributed by atoms with Gasteiger partial charge in [0.2, 0.25) is 5.91 Å². The minimum absolute atomic E-state index is 0.218. The first-order chi connectivity index (χ1) is 7.11. The number of hydrogen-bond acceptors (Lipinski definition) is 2. The van der Waals surface area contributed by atoms with E-state index in [1.807, 2.05) is 0 Å². The summed E-state index contributed by atoms with van der Waals surface area (Å²) in [5.41, 5.74) is 5.46. The number of carbonyl (C=O) groups excluding carboxylic acids is 1. The maximum absolute atomic E-state index is 11.5. The van der Waals surface area contributed by atoms with Gasteiger partial charge < -0.3 is 11.1 Å². The van der Waals surface area contributed by atoms with Gasteiger partial charge in [-0.15, -0.1) is 0 Å². The monoisotopic (exact) mass is 212 g/mol. The summed E-state index contributed by atoms with van der Waals surface area (Å²) >= 11 is 0. The average Bonchev–Trinajstić information content (AvgIpc) is 2.13. The van der Waals surface area contributed by atoms with Crippen molar-refractivity contribution in [1.82, 2.24) is 5.32 Å². The van der Waals surface area contributed by atoms with Gasteiger partial charge in [-0.3, -0.25) is 4.79 Å². The Labute approximate surface area is 92.8 Å². The molecule has 3 heteroatoms.